The molecule has 1 aliphatic carbocycles. The lowest BCUT2D eigenvalue weighted by atomic mass is 9.87. The van der Waals surface area contributed by atoms with Gasteiger partial charge in [0.1, 0.15) is 5.82 Å². The zero-order valence-electron chi connectivity index (χ0n) is 15.7. The van der Waals surface area contributed by atoms with E-state index in [1.165, 1.54) is 31.2 Å². The van der Waals surface area contributed by atoms with E-state index in [2.05, 4.69) is 56.4 Å². The highest BCUT2D eigenvalue weighted by atomic mass is 127. The zero-order valence-corrected chi connectivity index (χ0v) is 18.0. The van der Waals surface area contributed by atoms with Gasteiger partial charge in [-0.15, -0.1) is 24.0 Å². The summed E-state index contributed by atoms with van der Waals surface area (Å²) in [5, 5.41) is 6.99. The van der Waals surface area contributed by atoms with Crippen molar-refractivity contribution in [2.45, 2.75) is 51.7 Å². The number of guanidine groups is 1. The van der Waals surface area contributed by atoms with E-state index in [0.29, 0.717) is 12.6 Å². The SMILES string of the molecule is CN=C(NCc1nccn1Cc1ccccc1)NC1CCCC(C)C1.I. The third kappa shape index (κ3) is 6.00. The van der Waals surface area contributed by atoms with E-state index in [0.717, 1.165) is 24.2 Å². The molecule has 2 unspecified atom stereocenters. The van der Waals surface area contributed by atoms with Crippen LogP contribution < -0.4 is 10.6 Å². The van der Waals surface area contributed by atoms with Crippen molar-refractivity contribution in [2.24, 2.45) is 10.9 Å². The highest BCUT2D eigenvalue weighted by Crippen LogP contribution is 2.23. The number of benzene rings is 1. The van der Waals surface area contributed by atoms with Gasteiger partial charge < -0.3 is 15.2 Å². The minimum atomic E-state index is 0. The third-order valence-corrected chi connectivity index (χ3v) is 4.91. The van der Waals surface area contributed by atoms with Gasteiger partial charge in [-0.3, -0.25) is 4.99 Å². The van der Waals surface area contributed by atoms with Gasteiger partial charge in [-0.1, -0.05) is 50.1 Å². The number of nitrogens with one attached hydrogen (secondary N) is 2. The van der Waals surface area contributed by atoms with Crippen LogP contribution in [0, 0.1) is 5.92 Å². The molecule has 1 heterocycles. The van der Waals surface area contributed by atoms with E-state index < -0.39 is 0 Å². The normalized spacial score (nSPS) is 20.3. The molecule has 0 amide bonds. The summed E-state index contributed by atoms with van der Waals surface area (Å²) >= 11 is 0. The maximum Gasteiger partial charge on any atom is 0.191 e. The Kier molecular flexibility index (Phi) is 8.41. The fourth-order valence-corrected chi connectivity index (χ4v) is 3.55. The molecule has 2 N–H and O–H groups in total. The summed E-state index contributed by atoms with van der Waals surface area (Å²) in [5.41, 5.74) is 1.28. The number of rotatable bonds is 5. The van der Waals surface area contributed by atoms with Crippen LogP contribution >= 0.6 is 24.0 Å². The van der Waals surface area contributed by atoms with Crippen molar-refractivity contribution >= 4 is 29.9 Å². The fraction of sp³-hybridized carbons (Fsp3) is 0.500. The molecule has 1 fully saturated rings. The topological polar surface area (TPSA) is 54.2 Å². The molecular formula is C20H30IN5. The zero-order chi connectivity index (χ0) is 17.5. The highest BCUT2D eigenvalue weighted by molar-refractivity contribution is 14.0. The average Bonchev–Trinajstić information content (AvgIpc) is 3.06. The molecule has 0 aliphatic heterocycles. The van der Waals surface area contributed by atoms with Gasteiger partial charge in [-0.25, -0.2) is 4.98 Å². The monoisotopic (exact) mass is 467 g/mol. The van der Waals surface area contributed by atoms with Crippen LogP contribution in [0.4, 0.5) is 0 Å². The van der Waals surface area contributed by atoms with Crippen molar-refractivity contribution in [1.29, 1.82) is 0 Å². The molecular weight excluding hydrogens is 437 g/mol. The van der Waals surface area contributed by atoms with Gasteiger partial charge in [0.25, 0.3) is 0 Å². The summed E-state index contributed by atoms with van der Waals surface area (Å²) in [7, 11) is 1.83. The number of aliphatic imine (C=N–C) groups is 1. The van der Waals surface area contributed by atoms with Gasteiger partial charge in [-0.05, 0) is 24.3 Å². The van der Waals surface area contributed by atoms with Crippen LogP contribution in [0.5, 0.6) is 0 Å². The van der Waals surface area contributed by atoms with Crippen LogP contribution in [-0.4, -0.2) is 28.6 Å². The Hall–Kier alpha value is -1.57. The second kappa shape index (κ2) is 10.5. The Labute approximate surface area is 173 Å². The van der Waals surface area contributed by atoms with Crippen molar-refractivity contribution in [2.75, 3.05) is 7.05 Å². The van der Waals surface area contributed by atoms with Crippen molar-refractivity contribution in [3.05, 3.63) is 54.1 Å². The first-order valence-electron chi connectivity index (χ1n) is 9.25. The maximum absolute atomic E-state index is 4.50. The summed E-state index contributed by atoms with van der Waals surface area (Å²) in [6.45, 7) is 3.84. The minimum absolute atomic E-state index is 0. The predicted octanol–water partition coefficient (Wildman–Crippen LogP) is 3.79. The number of halogens is 1. The quantitative estimate of drug-likeness (QED) is 0.400. The molecule has 142 valence electrons. The number of aromatic nitrogens is 2. The predicted molar refractivity (Wildman–Crippen MR) is 118 cm³/mol. The molecule has 0 radical (unpaired) electrons. The van der Waals surface area contributed by atoms with Crippen LogP contribution in [0.15, 0.2) is 47.7 Å². The average molecular weight is 467 g/mol. The van der Waals surface area contributed by atoms with Gasteiger partial charge in [0.2, 0.25) is 0 Å². The van der Waals surface area contributed by atoms with Gasteiger partial charge >= 0.3 is 0 Å². The van der Waals surface area contributed by atoms with Crippen LogP contribution in [-0.2, 0) is 13.1 Å². The second-order valence-electron chi connectivity index (χ2n) is 7.00. The van der Waals surface area contributed by atoms with Gasteiger partial charge in [-0.2, -0.15) is 0 Å². The van der Waals surface area contributed by atoms with Crippen LogP contribution in [0.1, 0.15) is 44.0 Å². The lowest BCUT2D eigenvalue weighted by Gasteiger charge is -2.28. The molecule has 3 rings (SSSR count). The minimum Gasteiger partial charge on any atom is -0.354 e. The Morgan fingerprint density at radius 1 is 1.27 bits per heavy atom. The largest absolute Gasteiger partial charge is 0.354 e. The summed E-state index contributed by atoms with van der Waals surface area (Å²) in [6.07, 6.45) is 9.00. The molecule has 5 nitrogen and oxygen atoms in total. The van der Waals surface area contributed by atoms with E-state index in [4.69, 9.17) is 0 Å². The van der Waals surface area contributed by atoms with Crippen LogP contribution in [0.25, 0.3) is 0 Å². The molecule has 1 aromatic carbocycles. The fourth-order valence-electron chi connectivity index (χ4n) is 3.55. The van der Waals surface area contributed by atoms with Crippen LogP contribution in [0.2, 0.25) is 0 Å². The van der Waals surface area contributed by atoms with E-state index in [-0.39, 0.29) is 24.0 Å². The van der Waals surface area contributed by atoms with Gasteiger partial charge in [0, 0.05) is 32.0 Å². The Balaban J connectivity index is 0.00000243. The first-order chi connectivity index (χ1) is 12.2. The molecule has 0 spiro atoms. The number of imidazole rings is 1. The molecule has 26 heavy (non-hydrogen) atoms. The lowest BCUT2D eigenvalue weighted by Crippen LogP contribution is -2.45. The second-order valence-corrected chi connectivity index (χ2v) is 7.00. The van der Waals surface area contributed by atoms with Gasteiger partial charge in [0.15, 0.2) is 5.96 Å². The first kappa shape index (κ1) is 20.7. The molecule has 0 saturated heterocycles. The molecule has 1 saturated carbocycles. The standard InChI is InChI=1S/C20H29N5.HI/c1-16-7-6-10-18(13-16)24-20(21-2)23-14-19-22-11-12-25(19)15-17-8-4-3-5-9-17;/h3-5,8-9,11-12,16,18H,6-7,10,13-15H2,1-2H3,(H2,21,23,24);1H. The molecule has 0 bridgehead atoms. The summed E-state index contributed by atoms with van der Waals surface area (Å²) in [6, 6.07) is 11.0. The molecule has 2 aromatic rings. The number of nitrogens with zero attached hydrogens (tertiary/aromatic N) is 3. The van der Waals surface area contributed by atoms with Crippen LogP contribution in [0.3, 0.4) is 0 Å². The maximum atomic E-state index is 4.50. The van der Waals surface area contributed by atoms with Crippen molar-refractivity contribution in [1.82, 2.24) is 20.2 Å². The molecule has 1 aromatic heterocycles. The lowest BCUT2D eigenvalue weighted by molar-refractivity contribution is 0.324. The van der Waals surface area contributed by atoms with Crippen molar-refractivity contribution in [3.8, 4) is 0 Å². The van der Waals surface area contributed by atoms with E-state index in [1.54, 1.807) is 0 Å². The summed E-state index contributed by atoms with van der Waals surface area (Å²) in [5.74, 6) is 2.69. The van der Waals surface area contributed by atoms with Crippen molar-refractivity contribution < 1.29 is 0 Å². The molecule has 1 aliphatic rings. The summed E-state index contributed by atoms with van der Waals surface area (Å²) in [4.78, 5) is 8.87. The molecule has 2 atom stereocenters. The number of hydrogen-bond donors (Lipinski definition) is 2. The van der Waals surface area contributed by atoms with Gasteiger partial charge in [0.05, 0.1) is 6.54 Å². The molecule has 6 heteroatoms. The third-order valence-electron chi connectivity index (χ3n) is 4.91. The van der Waals surface area contributed by atoms with E-state index >= 15 is 0 Å². The van der Waals surface area contributed by atoms with Crippen molar-refractivity contribution in [3.63, 3.8) is 0 Å². The smallest absolute Gasteiger partial charge is 0.191 e. The van der Waals surface area contributed by atoms with E-state index in [9.17, 15) is 0 Å². The number of hydrogen-bond acceptors (Lipinski definition) is 2. The summed E-state index contributed by atoms with van der Waals surface area (Å²) < 4.78 is 2.18. The Morgan fingerprint density at radius 2 is 2.08 bits per heavy atom. The Morgan fingerprint density at radius 3 is 2.81 bits per heavy atom. The van der Waals surface area contributed by atoms with E-state index in [1.807, 2.05) is 25.5 Å². The Bertz CT molecular complexity index is 683. The first-order valence-corrected chi connectivity index (χ1v) is 9.25. The highest BCUT2D eigenvalue weighted by Gasteiger charge is 2.19.